The van der Waals surface area contributed by atoms with Crippen molar-refractivity contribution in [3.8, 4) is 0 Å². The average molecular weight is 289 g/mol. The summed E-state index contributed by atoms with van der Waals surface area (Å²) in [7, 11) is 1.85. The van der Waals surface area contributed by atoms with E-state index in [0.29, 0.717) is 18.1 Å². The first-order chi connectivity index (χ1) is 10.1. The van der Waals surface area contributed by atoms with Crippen LogP contribution in [0, 0.1) is 5.92 Å². The lowest BCUT2D eigenvalue weighted by atomic mass is 9.94. The van der Waals surface area contributed by atoms with E-state index in [0.717, 1.165) is 31.1 Å². The molecule has 0 aromatic carbocycles. The molecule has 2 N–H and O–H groups in total. The van der Waals surface area contributed by atoms with Gasteiger partial charge in [-0.2, -0.15) is 5.10 Å². The molecule has 0 spiro atoms. The van der Waals surface area contributed by atoms with Gasteiger partial charge in [-0.3, -0.25) is 9.67 Å². The highest BCUT2D eigenvalue weighted by atomic mass is 15.3. The summed E-state index contributed by atoms with van der Waals surface area (Å²) < 4.78 is 2.09. The van der Waals surface area contributed by atoms with Crippen molar-refractivity contribution in [3.63, 3.8) is 0 Å². The van der Waals surface area contributed by atoms with Gasteiger partial charge in [-0.05, 0) is 44.6 Å². The normalized spacial score (nSPS) is 28.4. The molecule has 3 unspecified atom stereocenters. The Kier molecular flexibility index (Phi) is 3.91. The van der Waals surface area contributed by atoms with E-state index >= 15 is 0 Å². The quantitative estimate of drug-likeness (QED) is 0.660. The zero-order valence-corrected chi connectivity index (χ0v) is 13.6. The molecule has 5 heteroatoms. The highest BCUT2D eigenvalue weighted by Gasteiger charge is 2.33. The van der Waals surface area contributed by atoms with Crippen molar-refractivity contribution in [2.45, 2.75) is 64.6 Å². The number of aliphatic imine (C=N–C) groups is 1. The van der Waals surface area contributed by atoms with Gasteiger partial charge in [-0.15, -0.1) is 0 Å². The summed E-state index contributed by atoms with van der Waals surface area (Å²) in [4.78, 5) is 4.35. The Morgan fingerprint density at radius 2 is 2.19 bits per heavy atom. The lowest BCUT2D eigenvalue weighted by molar-refractivity contribution is 0.499. The predicted octanol–water partition coefficient (Wildman–Crippen LogP) is 1.89. The number of rotatable bonds is 3. The summed E-state index contributed by atoms with van der Waals surface area (Å²) in [5.74, 6) is 1.73. The van der Waals surface area contributed by atoms with Gasteiger partial charge in [0.2, 0.25) is 0 Å². The van der Waals surface area contributed by atoms with Crippen molar-refractivity contribution < 1.29 is 0 Å². The van der Waals surface area contributed by atoms with Gasteiger partial charge < -0.3 is 10.6 Å². The Morgan fingerprint density at radius 3 is 2.81 bits per heavy atom. The summed E-state index contributed by atoms with van der Waals surface area (Å²) in [5.41, 5.74) is 2.67. The molecule has 1 fully saturated rings. The standard InChI is InChI=1S/C16H27N5/c1-10(2)21-9-12-5-6-13(8-15(12)20-21)18-16(17-4)19-14-7-11(14)3/h9-11,13-14H,5-8H2,1-4H3,(H2,17,18,19). The van der Waals surface area contributed by atoms with Crippen LogP contribution in [0.5, 0.6) is 0 Å². The first kappa shape index (κ1) is 14.4. The molecule has 0 radical (unpaired) electrons. The molecule has 1 aromatic heterocycles. The number of nitrogens with one attached hydrogen (secondary N) is 2. The summed E-state index contributed by atoms with van der Waals surface area (Å²) in [5, 5.41) is 11.8. The maximum atomic E-state index is 4.74. The third-order valence-corrected chi connectivity index (χ3v) is 4.62. The number of guanidine groups is 1. The minimum Gasteiger partial charge on any atom is -0.353 e. The van der Waals surface area contributed by atoms with Crippen molar-refractivity contribution >= 4 is 5.96 Å². The monoisotopic (exact) mass is 289 g/mol. The van der Waals surface area contributed by atoms with Gasteiger partial charge in [-0.25, -0.2) is 0 Å². The van der Waals surface area contributed by atoms with Gasteiger partial charge >= 0.3 is 0 Å². The highest BCUT2D eigenvalue weighted by molar-refractivity contribution is 5.80. The van der Waals surface area contributed by atoms with E-state index in [1.165, 1.54) is 17.7 Å². The Bertz CT molecular complexity index is 531. The van der Waals surface area contributed by atoms with Gasteiger partial charge in [0.25, 0.3) is 0 Å². The van der Waals surface area contributed by atoms with E-state index in [-0.39, 0.29) is 0 Å². The molecule has 2 aliphatic rings. The second-order valence-electron chi connectivity index (χ2n) is 6.79. The largest absolute Gasteiger partial charge is 0.353 e. The first-order valence-corrected chi connectivity index (χ1v) is 8.13. The summed E-state index contributed by atoms with van der Waals surface area (Å²) in [6, 6.07) is 1.48. The molecule has 0 saturated heterocycles. The predicted molar refractivity (Wildman–Crippen MR) is 85.6 cm³/mol. The van der Waals surface area contributed by atoms with Crippen LogP contribution in [0.15, 0.2) is 11.2 Å². The lowest BCUT2D eigenvalue weighted by Gasteiger charge is -2.24. The molecule has 0 bridgehead atoms. The molecule has 116 valence electrons. The van der Waals surface area contributed by atoms with Crippen LogP contribution >= 0.6 is 0 Å². The van der Waals surface area contributed by atoms with Crippen molar-refractivity contribution in [1.29, 1.82) is 0 Å². The molecule has 21 heavy (non-hydrogen) atoms. The number of fused-ring (bicyclic) bond motifs is 1. The maximum Gasteiger partial charge on any atom is 0.191 e. The van der Waals surface area contributed by atoms with E-state index < -0.39 is 0 Å². The zero-order chi connectivity index (χ0) is 15.0. The minimum absolute atomic E-state index is 0.438. The second-order valence-corrected chi connectivity index (χ2v) is 6.79. The second kappa shape index (κ2) is 5.70. The zero-order valence-electron chi connectivity index (χ0n) is 13.6. The van der Waals surface area contributed by atoms with Crippen molar-refractivity contribution in [2.24, 2.45) is 10.9 Å². The fourth-order valence-corrected chi connectivity index (χ4v) is 2.96. The first-order valence-electron chi connectivity index (χ1n) is 8.13. The number of aromatic nitrogens is 2. The number of nitrogens with zero attached hydrogens (tertiary/aromatic N) is 3. The van der Waals surface area contributed by atoms with E-state index in [1.807, 2.05) is 7.05 Å². The van der Waals surface area contributed by atoms with Crippen molar-refractivity contribution in [3.05, 3.63) is 17.5 Å². The van der Waals surface area contributed by atoms with Gasteiger partial charge in [-0.1, -0.05) is 6.92 Å². The van der Waals surface area contributed by atoms with Crippen molar-refractivity contribution in [2.75, 3.05) is 7.05 Å². The molecule has 3 rings (SSSR count). The van der Waals surface area contributed by atoms with E-state index in [4.69, 9.17) is 5.10 Å². The summed E-state index contributed by atoms with van der Waals surface area (Å²) in [6.07, 6.45) is 6.73. The van der Waals surface area contributed by atoms with E-state index in [9.17, 15) is 0 Å². The third kappa shape index (κ3) is 3.22. The number of aryl methyl sites for hydroxylation is 1. The Balaban J connectivity index is 1.60. The minimum atomic E-state index is 0.438. The number of hydrogen-bond acceptors (Lipinski definition) is 2. The molecular weight excluding hydrogens is 262 g/mol. The van der Waals surface area contributed by atoms with E-state index in [2.05, 4.69) is 47.3 Å². The smallest absolute Gasteiger partial charge is 0.191 e. The van der Waals surface area contributed by atoms with Crippen LogP contribution < -0.4 is 10.6 Å². The molecule has 0 amide bonds. The van der Waals surface area contributed by atoms with Crippen LogP contribution in [0.2, 0.25) is 0 Å². The maximum absolute atomic E-state index is 4.74. The molecule has 2 aliphatic carbocycles. The third-order valence-electron chi connectivity index (χ3n) is 4.62. The van der Waals surface area contributed by atoms with Crippen LogP contribution in [-0.4, -0.2) is 34.9 Å². The molecule has 1 heterocycles. The van der Waals surface area contributed by atoms with Crippen LogP contribution in [0.4, 0.5) is 0 Å². The van der Waals surface area contributed by atoms with Crippen molar-refractivity contribution in [1.82, 2.24) is 20.4 Å². The van der Waals surface area contributed by atoms with E-state index in [1.54, 1.807) is 0 Å². The van der Waals surface area contributed by atoms with Crippen LogP contribution in [-0.2, 0) is 12.8 Å². The summed E-state index contributed by atoms with van der Waals surface area (Å²) in [6.45, 7) is 6.63. The molecule has 0 aliphatic heterocycles. The Morgan fingerprint density at radius 1 is 1.43 bits per heavy atom. The topological polar surface area (TPSA) is 54.2 Å². The SMILES string of the molecule is CN=C(NC1CCc2cn(C(C)C)nc2C1)NC1CC1C. The Hall–Kier alpha value is -1.52. The molecule has 5 nitrogen and oxygen atoms in total. The van der Waals surface area contributed by atoms with Crippen LogP contribution in [0.3, 0.4) is 0 Å². The van der Waals surface area contributed by atoms with Crippen LogP contribution in [0.1, 0.15) is 50.9 Å². The number of hydrogen-bond donors (Lipinski definition) is 2. The fraction of sp³-hybridized carbons (Fsp3) is 0.750. The van der Waals surface area contributed by atoms with Gasteiger partial charge in [0.1, 0.15) is 0 Å². The van der Waals surface area contributed by atoms with Gasteiger partial charge in [0, 0.05) is 37.8 Å². The Labute approximate surface area is 127 Å². The molecular formula is C16H27N5. The lowest BCUT2D eigenvalue weighted by Crippen LogP contribution is -2.46. The highest BCUT2D eigenvalue weighted by Crippen LogP contribution is 2.29. The molecule has 1 saturated carbocycles. The van der Waals surface area contributed by atoms with Gasteiger partial charge in [0.15, 0.2) is 5.96 Å². The average Bonchev–Trinajstić information content (AvgIpc) is 2.99. The summed E-state index contributed by atoms with van der Waals surface area (Å²) >= 11 is 0. The fourth-order valence-electron chi connectivity index (χ4n) is 2.96. The van der Waals surface area contributed by atoms with Gasteiger partial charge in [0.05, 0.1) is 5.69 Å². The molecule has 1 aromatic rings. The molecule has 3 atom stereocenters. The van der Waals surface area contributed by atoms with Crippen LogP contribution in [0.25, 0.3) is 0 Å².